The minimum Gasteiger partial charge on any atom is -0.374 e. The summed E-state index contributed by atoms with van der Waals surface area (Å²) < 4.78 is 7.17. The van der Waals surface area contributed by atoms with Crippen LogP contribution in [-0.2, 0) is 11.8 Å². The van der Waals surface area contributed by atoms with Gasteiger partial charge in [-0.3, -0.25) is 4.79 Å². The number of morpholine rings is 1. The normalized spacial score (nSPS) is 17.4. The zero-order chi connectivity index (χ0) is 18.8. The van der Waals surface area contributed by atoms with E-state index >= 15 is 0 Å². The average Bonchev–Trinajstić information content (AvgIpc) is 3.12. The predicted octanol–water partition coefficient (Wildman–Crippen LogP) is -0.264. The summed E-state index contributed by atoms with van der Waals surface area (Å²) in [6, 6.07) is 1.60. The Morgan fingerprint density at radius 2 is 2.33 bits per heavy atom. The van der Waals surface area contributed by atoms with Crippen LogP contribution in [0.4, 0.5) is 17.5 Å². The molecule has 11 heteroatoms. The molecule has 3 aromatic rings. The number of nitrogens with zero attached hydrogens (tertiary/aromatic N) is 6. The number of rotatable bonds is 5. The lowest BCUT2D eigenvalue weighted by molar-refractivity contribution is 0.0375. The highest BCUT2D eigenvalue weighted by atomic mass is 16.5. The van der Waals surface area contributed by atoms with Crippen molar-refractivity contribution in [3.05, 3.63) is 28.9 Å². The van der Waals surface area contributed by atoms with Gasteiger partial charge in [-0.05, 0) is 6.42 Å². The zero-order valence-electron chi connectivity index (χ0n) is 14.9. The molecule has 3 aromatic heterocycles. The summed E-state index contributed by atoms with van der Waals surface area (Å²) in [5, 5.41) is 7.35. The van der Waals surface area contributed by atoms with Gasteiger partial charge in [-0.1, -0.05) is 0 Å². The van der Waals surface area contributed by atoms with E-state index in [1.54, 1.807) is 25.6 Å². The summed E-state index contributed by atoms with van der Waals surface area (Å²) in [6.45, 7) is 2.68. The first-order chi connectivity index (χ1) is 13.1. The van der Waals surface area contributed by atoms with Crippen molar-refractivity contribution < 1.29 is 4.74 Å². The van der Waals surface area contributed by atoms with E-state index in [1.807, 2.05) is 0 Å². The number of aromatic amines is 1. The van der Waals surface area contributed by atoms with Gasteiger partial charge in [0.05, 0.1) is 30.9 Å². The van der Waals surface area contributed by atoms with E-state index < -0.39 is 0 Å². The van der Waals surface area contributed by atoms with Crippen molar-refractivity contribution in [2.24, 2.45) is 7.05 Å². The van der Waals surface area contributed by atoms with Crippen molar-refractivity contribution in [3.63, 3.8) is 0 Å². The summed E-state index contributed by atoms with van der Waals surface area (Å²) in [7, 11) is 1.64. The van der Waals surface area contributed by atoms with Crippen LogP contribution in [0.3, 0.4) is 0 Å². The Balaban J connectivity index is 1.37. The molecule has 4 N–H and O–H groups in total. The SMILES string of the molecule is Cn1ncc(N2CCO[C@@H](CCNc3nc(N)nc4nc[nH]c34)C2)cc1=O. The predicted molar refractivity (Wildman–Crippen MR) is 101 cm³/mol. The Hall–Kier alpha value is -3.21. The highest BCUT2D eigenvalue weighted by molar-refractivity contribution is 5.83. The number of nitrogen functional groups attached to an aromatic ring is 1. The maximum absolute atomic E-state index is 11.8. The molecule has 0 aliphatic carbocycles. The van der Waals surface area contributed by atoms with Crippen LogP contribution in [0.25, 0.3) is 11.2 Å². The molecule has 1 atom stereocenters. The number of aromatic nitrogens is 6. The Morgan fingerprint density at radius 1 is 1.44 bits per heavy atom. The minimum atomic E-state index is -0.123. The molecule has 1 aliphatic rings. The van der Waals surface area contributed by atoms with Crippen molar-refractivity contribution in [1.29, 1.82) is 0 Å². The zero-order valence-corrected chi connectivity index (χ0v) is 14.9. The van der Waals surface area contributed by atoms with Crippen LogP contribution in [0.5, 0.6) is 0 Å². The molecule has 0 unspecified atom stereocenters. The van der Waals surface area contributed by atoms with Gasteiger partial charge in [0, 0.05) is 32.7 Å². The number of nitrogens with one attached hydrogen (secondary N) is 2. The minimum absolute atomic E-state index is 0.0340. The highest BCUT2D eigenvalue weighted by Crippen LogP contribution is 2.19. The standard InChI is InChI=1S/C16H21N9O2/c1-24-12(26)6-10(7-21-24)25-4-5-27-11(8-25)2-3-18-14-13-15(20-9-19-13)23-16(17)22-14/h6-7,9,11H,2-5,8H2,1H3,(H4,17,18,19,20,22,23)/t11-/m0/s1. The Bertz CT molecular complexity index is 999. The van der Waals surface area contributed by atoms with Crippen LogP contribution in [0, 0.1) is 0 Å². The van der Waals surface area contributed by atoms with Gasteiger partial charge in [0.25, 0.3) is 5.56 Å². The Labute approximate surface area is 154 Å². The first-order valence-electron chi connectivity index (χ1n) is 8.70. The molecule has 1 fully saturated rings. The molecule has 4 rings (SSSR count). The molecule has 0 bridgehead atoms. The molecule has 4 heterocycles. The summed E-state index contributed by atoms with van der Waals surface area (Å²) in [5.74, 6) is 0.800. The lowest BCUT2D eigenvalue weighted by atomic mass is 10.2. The molecule has 1 saturated heterocycles. The summed E-state index contributed by atoms with van der Waals surface area (Å²) in [5.41, 5.74) is 7.68. The van der Waals surface area contributed by atoms with Gasteiger partial charge in [-0.25, -0.2) is 9.67 Å². The van der Waals surface area contributed by atoms with Crippen LogP contribution >= 0.6 is 0 Å². The van der Waals surface area contributed by atoms with Crippen LogP contribution in [0.1, 0.15) is 6.42 Å². The molecule has 0 aromatic carbocycles. The third kappa shape index (κ3) is 3.67. The number of anilines is 3. The molecule has 0 saturated carbocycles. The topological polar surface area (TPSA) is 140 Å². The van der Waals surface area contributed by atoms with E-state index in [1.165, 1.54) is 4.68 Å². The van der Waals surface area contributed by atoms with Gasteiger partial charge >= 0.3 is 0 Å². The lowest BCUT2D eigenvalue weighted by Crippen LogP contribution is -2.43. The van der Waals surface area contributed by atoms with Crippen LogP contribution in [0.15, 0.2) is 23.4 Å². The van der Waals surface area contributed by atoms with Crippen molar-refractivity contribution >= 4 is 28.6 Å². The Morgan fingerprint density at radius 3 is 3.19 bits per heavy atom. The number of fused-ring (bicyclic) bond motifs is 1. The third-order valence-electron chi connectivity index (χ3n) is 4.52. The molecule has 142 valence electrons. The summed E-state index contributed by atoms with van der Waals surface area (Å²) in [6.07, 6.45) is 4.07. The fourth-order valence-electron chi connectivity index (χ4n) is 3.09. The number of ether oxygens (including phenoxy) is 1. The molecule has 1 aliphatic heterocycles. The summed E-state index contributed by atoms with van der Waals surface area (Å²) in [4.78, 5) is 29.3. The largest absolute Gasteiger partial charge is 0.374 e. The maximum Gasteiger partial charge on any atom is 0.268 e. The maximum atomic E-state index is 11.8. The second-order valence-corrected chi connectivity index (χ2v) is 6.36. The number of aryl methyl sites for hydroxylation is 1. The quantitative estimate of drug-likeness (QED) is 0.553. The van der Waals surface area contributed by atoms with Gasteiger partial charge in [0.1, 0.15) is 5.52 Å². The van der Waals surface area contributed by atoms with Gasteiger partial charge in [-0.15, -0.1) is 0 Å². The number of nitrogens with two attached hydrogens (primary N) is 1. The Kier molecular flexibility index (Phi) is 4.59. The summed E-state index contributed by atoms with van der Waals surface area (Å²) >= 11 is 0. The van der Waals surface area contributed by atoms with E-state index in [0.717, 1.165) is 24.2 Å². The van der Waals surface area contributed by atoms with E-state index in [4.69, 9.17) is 10.5 Å². The first kappa shape index (κ1) is 17.2. The van der Waals surface area contributed by atoms with Crippen LogP contribution in [0.2, 0.25) is 0 Å². The molecule has 27 heavy (non-hydrogen) atoms. The van der Waals surface area contributed by atoms with Crippen molar-refractivity contribution in [3.8, 4) is 0 Å². The third-order valence-corrected chi connectivity index (χ3v) is 4.52. The fourth-order valence-corrected chi connectivity index (χ4v) is 3.09. The molecule has 0 spiro atoms. The van der Waals surface area contributed by atoms with Gasteiger partial charge < -0.3 is 25.7 Å². The number of hydrogen-bond acceptors (Lipinski definition) is 9. The molecule has 11 nitrogen and oxygen atoms in total. The molecular weight excluding hydrogens is 350 g/mol. The molecule has 0 amide bonds. The molecule has 0 radical (unpaired) electrons. The van der Waals surface area contributed by atoms with Crippen molar-refractivity contribution in [1.82, 2.24) is 29.7 Å². The van der Waals surface area contributed by atoms with E-state index in [9.17, 15) is 4.79 Å². The van der Waals surface area contributed by atoms with E-state index in [-0.39, 0.29) is 17.6 Å². The van der Waals surface area contributed by atoms with Gasteiger partial charge in [0.15, 0.2) is 11.5 Å². The highest BCUT2D eigenvalue weighted by Gasteiger charge is 2.21. The van der Waals surface area contributed by atoms with Gasteiger partial charge in [-0.2, -0.15) is 15.1 Å². The average molecular weight is 371 g/mol. The van der Waals surface area contributed by atoms with Gasteiger partial charge in [0.2, 0.25) is 5.95 Å². The van der Waals surface area contributed by atoms with Crippen molar-refractivity contribution in [2.75, 3.05) is 42.2 Å². The first-order valence-corrected chi connectivity index (χ1v) is 8.70. The monoisotopic (exact) mass is 371 g/mol. The van der Waals surface area contributed by atoms with E-state index in [0.29, 0.717) is 31.2 Å². The smallest absolute Gasteiger partial charge is 0.268 e. The number of imidazole rings is 1. The van der Waals surface area contributed by atoms with Crippen LogP contribution in [-0.4, -0.2) is 62.1 Å². The van der Waals surface area contributed by atoms with Crippen molar-refractivity contribution in [2.45, 2.75) is 12.5 Å². The lowest BCUT2D eigenvalue weighted by Gasteiger charge is -2.34. The number of H-pyrrole nitrogens is 1. The second-order valence-electron chi connectivity index (χ2n) is 6.36. The molecular formula is C16H21N9O2. The fraction of sp³-hybridized carbons (Fsp3) is 0.438. The number of hydrogen-bond donors (Lipinski definition) is 3. The van der Waals surface area contributed by atoms with Crippen LogP contribution < -0.4 is 21.5 Å². The second kappa shape index (κ2) is 7.19. The van der Waals surface area contributed by atoms with E-state index in [2.05, 4.69) is 35.3 Å².